The SMILES string of the molecule is COc1cc(NC(=O)c2cccc(S(=O)(=O)N3CCCCC3)c2)ccc1NC(=O)c1cccnc1. The minimum atomic E-state index is -3.65. The minimum absolute atomic E-state index is 0.0955. The number of nitrogens with zero attached hydrogens (tertiary/aromatic N) is 2. The number of ether oxygens (including phenoxy) is 1. The molecule has 10 heteroatoms. The molecule has 4 rings (SSSR count). The zero-order chi connectivity index (χ0) is 24.8. The first-order valence-electron chi connectivity index (χ1n) is 11.2. The van der Waals surface area contributed by atoms with Crippen molar-refractivity contribution in [1.82, 2.24) is 9.29 Å². The maximum Gasteiger partial charge on any atom is 0.257 e. The van der Waals surface area contributed by atoms with Crippen molar-refractivity contribution in [2.45, 2.75) is 24.2 Å². The summed E-state index contributed by atoms with van der Waals surface area (Å²) in [4.78, 5) is 29.3. The standard InChI is InChI=1S/C25H26N4O5S/c1-34-23-16-20(10-11-22(23)28-25(31)19-8-6-12-26-17-19)27-24(30)18-7-5-9-21(15-18)35(32,33)29-13-3-2-4-14-29/h5-12,15-17H,2-4,13-14H2,1H3,(H,27,30)(H,28,31). The maximum atomic E-state index is 13.0. The predicted molar refractivity (Wildman–Crippen MR) is 132 cm³/mol. The first kappa shape index (κ1) is 24.4. The topological polar surface area (TPSA) is 118 Å². The van der Waals surface area contributed by atoms with Crippen molar-refractivity contribution in [3.8, 4) is 5.75 Å². The van der Waals surface area contributed by atoms with Crippen LogP contribution < -0.4 is 15.4 Å². The molecule has 2 heterocycles. The monoisotopic (exact) mass is 494 g/mol. The third kappa shape index (κ3) is 5.67. The molecule has 0 spiro atoms. The molecule has 0 aliphatic carbocycles. The van der Waals surface area contributed by atoms with Gasteiger partial charge < -0.3 is 15.4 Å². The molecule has 0 saturated carbocycles. The van der Waals surface area contributed by atoms with Crippen LogP contribution in [0, 0.1) is 0 Å². The van der Waals surface area contributed by atoms with E-state index in [4.69, 9.17) is 4.74 Å². The summed E-state index contributed by atoms with van der Waals surface area (Å²) in [6.07, 6.45) is 5.72. The van der Waals surface area contributed by atoms with Crippen molar-refractivity contribution in [2.75, 3.05) is 30.8 Å². The summed E-state index contributed by atoms with van der Waals surface area (Å²) in [7, 11) is -2.20. The summed E-state index contributed by atoms with van der Waals surface area (Å²) in [5.74, 6) is -0.462. The van der Waals surface area contributed by atoms with Gasteiger partial charge in [-0.05, 0) is 55.3 Å². The Balaban J connectivity index is 1.49. The normalized spacial score (nSPS) is 14.2. The van der Waals surface area contributed by atoms with E-state index in [1.165, 1.54) is 29.7 Å². The zero-order valence-corrected chi connectivity index (χ0v) is 20.0. The van der Waals surface area contributed by atoms with E-state index in [0.717, 1.165) is 19.3 Å². The lowest BCUT2D eigenvalue weighted by atomic mass is 10.2. The molecule has 1 aliphatic rings. The van der Waals surface area contributed by atoms with Crippen LogP contribution in [0.3, 0.4) is 0 Å². The quantitative estimate of drug-likeness (QED) is 0.516. The molecule has 3 aromatic rings. The van der Waals surface area contributed by atoms with Crippen LogP contribution in [0.1, 0.15) is 40.0 Å². The van der Waals surface area contributed by atoms with E-state index in [1.54, 1.807) is 48.7 Å². The van der Waals surface area contributed by atoms with Crippen molar-refractivity contribution < 1.29 is 22.7 Å². The number of benzene rings is 2. The second-order valence-corrected chi connectivity index (χ2v) is 10.00. The summed E-state index contributed by atoms with van der Waals surface area (Å²) >= 11 is 0. The van der Waals surface area contributed by atoms with Crippen LogP contribution in [0.4, 0.5) is 11.4 Å². The number of hydrogen-bond acceptors (Lipinski definition) is 6. The second-order valence-electron chi connectivity index (χ2n) is 8.06. The molecule has 1 saturated heterocycles. The van der Waals surface area contributed by atoms with Crippen molar-refractivity contribution in [3.63, 3.8) is 0 Å². The molecular formula is C25H26N4O5S. The molecule has 0 bridgehead atoms. The molecular weight excluding hydrogens is 468 g/mol. The lowest BCUT2D eigenvalue weighted by Gasteiger charge is -2.26. The molecule has 2 aromatic carbocycles. The van der Waals surface area contributed by atoms with Crippen LogP contribution in [-0.2, 0) is 10.0 Å². The van der Waals surface area contributed by atoms with Crippen molar-refractivity contribution in [1.29, 1.82) is 0 Å². The minimum Gasteiger partial charge on any atom is -0.494 e. The lowest BCUT2D eigenvalue weighted by molar-refractivity contribution is 0.101. The molecule has 35 heavy (non-hydrogen) atoms. The number of carbonyl (C=O) groups excluding carboxylic acids is 2. The molecule has 2 amide bonds. The van der Waals surface area contributed by atoms with E-state index >= 15 is 0 Å². The van der Waals surface area contributed by atoms with Crippen LogP contribution in [0.5, 0.6) is 5.75 Å². The molecule has 1 fully saturated rings. The van der Waals surface area contributed by atoms with Crippen molar-refractivity contribution in [3.05, 3.63) is 78.1 Å². The van der Waals surface area contributed by atoms with Gasteiger partial charge in [0.2, 0.25) is 10.0 Å². The second kappa shape index (κ2) is 10.7. The molecule has 182 valence electrons. The molecule has 2 N–H and O–H groups in total. The third-order valence-electron chi connectivity index (χ3n) is 5.68. The van der Waals surface area contributed by atoms with Crippen LogP contribution in [-0.4, -0.2) is 49.7 Å². The van der Waals surface area contributed by atoms with Gasteiger partial charge in [-0.25, -0.2) is 8.42 Å². The lowest BCUT2D eigenvalue weighted by Crippen LogP contribution is -2.35. The Labute approximate surface area is 204 Å². The van der Waals surface area contributed by atoms with Crippen LogP contribution >= 0.6 is 0 Å². The highest BCUT2D eigenvalue weighted by atomic mass is 32.2. The average Bonchev–Trinajstić information content (AvgIpc) is 2.90. The number of amides is 2. The highest BCUT2D eigenvalue weighted by Crippen LogP contribution is 2.29. The number of piperidine rings is 1. The summed E-state index contributed by atoms with van der Waals surface area (Å²) in [6, 6.07) is 14.1. The van der Waals surface area contributed by atoms with Gasteiger partial charge in [-0.2, -0.15) is 4.31 Å². The Kier molecular flexibility index (Phi) is 7.42. The number of sulfonamides is 1. The van der Waals surface area contributed by atoms with Crippen LogP contribution in [0.15, 0.2) is 71.9 Å². The van der Waals surface area contributed by atoms with Gasteiger partial charge in [0.15, 0.2) is 0 Å². The average molecular weight is 495 g/mol. The van der Waals surface area contributed by atoms with Gasteiger partial charge >= 0.3 is 0 Å². The predicted octanol–water partition coefficient (Wildman–Crippen LogP) is 3.77. The molecule has 0 unspecified atom stereocenters. The smallest absolute Gasteiger partial charge is 0.257 e. The summed E-state index contributed by atoms with van der Waals surface area (Å²) in [5.41, 5.74) is 1.46. The Morgan fingerprint density at radius 2 is 1.66 bits per heavy atom. The van der Waals surface area contributed by atoms with E-state index in [0.29, 0.717) is 35.8 Å². The van der Waals surface area contributed by atoms with Gasteiger partial charge in [-0.3, -0.25) is 14.6 Å². The first-order chi connectivity index (χ1) is 16.9. The first-order valence-corrected chi connectivity index (χ1v) is 12.6. The molecule has 1 aliphatic heterocycles. The van der Waals surface area contributed by atoms with E-state index < -0.39 is 15.9 Å². The van der Waals surface area contributed by atoms with Gasteiger partial charge in [0, 0.05) is 42.8 Å². The van der Waals surface area contributed by atoms with E-state index in [1.807, 2.05) is 0 Å². The largest absolute Gasteiger partial charge is 0.494 e. The fraction of sp³-hybridized carbons (Fsp3) is 0.240. The van der Waals surface area contributed by atoms with Crippen molar-refractivity contribution in [2.24, 2.45) is 0 Å². The summed E-state index contributed by atoms with van der Waals surface area (Å²) < 4.78 is 32.8. The van der Waals surface area contributed by atoms with Gasteiger partial charge in [-0.1, -0.05) is 12.5 Å². The molecule has 9 nitrogen and oxygen atoms in total. The molecule has 0 atom stereocenters. The summed E-state index contributed by atoms with van der Waals surface area (Å²) in [6.45, 7) is 0.977. The number of carbonyl (C=O) groups is 2. The highest BCUT2D eigenvalue weighted by molar-refractivity contribution is 7.89. The zero-order valence-electron chi connectivity index (χ0n) is 19.2. The fourth-order valence-corrected chi connectivity index (χ4v) is 5.38. The third-order valence-corrected chi connectivity index (χ3v) is 7.57. The Bertz CT molecular complexity index is 1320. The number of anilines is 2. The van der Waals surface area contributed by atoms with Crippen LogP contribution in [0.2, 0.25) is 0 Å². The van der Waals surface area contributed by atoms with E-state index in [-0.39, 0.29) is 16.4 Å². The Morgan fingerprint density at radius 3 is 2.37 bits per heavy atom. The Morgan fingerprint density at radius 1 is 0.914 bits per heavy atom. The number of hydrogen-bond donors (Lipinski definition) is 2. The summed E-state index contributed by atoms with van der Waals surface area (Å²) in [5, 5.41) is 5.51. The van der Waals surface area contributed by atoms with Crippen LogP contribution in [0.25, 0.3) is 0 Å². The molecule has 1 aromatic heterocycles. The number of pyridine rings is 1. The number of rotatable bonds is 7. The number of aromatic nitrogens is 1. The van der Waals surface area contributed by atoms with Gasteiger partial charge in [0.25, 0.3) is 11.8 Å². The van der Waals surface area contributed by atoms with E-state index in [2.05, 4.69) is 15.6 Å². The van der Waals surface area contributed by atoms with E-state index in [9.17, 15) is 18.0 Å². The maximum absolute atomic E-state index is 13.0. The van der Waals surface area contributed by atoms with Gasteiger partial charge in [-0.15, -0.1) is 0 Å². The fourth-order valence-electron chi connectivity index (χ4n) is 3.82. The Hall–Kier alpha value is -3.76. The molecule has 0 radical (unpaired) electrons. The van der Waals surface area contributed by atoms with Crippen molar-refractivity contribution >= 4 is 33.2 Å². The number of methoxy groups -OCH3 is 1. The van der Waals surface area contributed by atoms with Gasteiger partial charge in [0.1, 0.15) is 5.75 Å². The number of nitrogens with one attached hydrogen (secondary N) is 2. The highest BCUT2D eigenvalue weighted by Gasteiger charge is 2.26. The van der Waals surface area contributed by atoms with Gasteiger partial charge in [0.05, 0.1) is 23.3 Å².